The van der Waals surface area contributed by atoms with E-state index in [1.165, 1.54) is 14.2 Å². The molecular weight excluding hydrogens is 242 g/mol. The van der Waals surface area contributed by atoms with Crippen molar-refractivity contribution in [3.63, 3.8) is 0 Å². The van der Waals surface area contributed by atoms with Gasteiger partial charge >= 0.3 is 0 Å². The maximum atomic E-state index is 10.2. The molecule has 0 bridgehead atoms. The third-order valence-electron chi connectivity index (χ3n) is 3.37. The van der Waals surface area contributed by atoms with Crippen molar-refractivity contribution in [1.29, 1.82) is 0 Å². The minimum Gasteiger partial charge on any atom is -0.504 e. The molecule has 0 aromatic heterocycles. The van der Waals surface area contributed by atoms with Gasteiger partial charge in [-0.05, 0) is 12.8 Å². The molecule has 17 heavy (non-hydrogen) atoms. The molecule has 0 aliphatic heterocycles. The number of nitrogens with two attached hydrogens (primary N) is 1. The quantitative estimate of drug-likeness (QED) is 0.867. The molecule has 0 amide bonds. The topological polar surface area (TPSA) is 64.7 Å². The van der Waals surface area contributed by atoms with Crippen LogP contribution < -0.4 is 15.2 Å². The largest absolute Gasteiger partial charge is 0.504 e. The van der Waals surface area contributed by atoms with Crippen LogP contribution in [0.25, 0.3) is 0 Å². The molecule has 4 nitrogen and oxygen atoms in total. The van der Waals surface area contributed by atoms with Gasteiger partial charge < -0.3 is 20.3 Å². The van der Waals surface area contributed by atoms with E-state index < -0.39 is 0 Å². The van der Waals surface area contributed by atoms with Gasteiger partial charge in [0.25, 0.3) is 0 Å². The van der Waals surface area contributed by atoms with Crippen LogP contribution >= 0.6 is 11.6 Å². The van der Waals surface area contributed by atoms with Crippen LogP contribution in [0.2, 0.25) is 5.02 Å². The smallest absolute Gasteiger partial charge is 0.203 e. The summed E-state index contributed by atoms with van der Waals surface area (Å²) in [6.07, 6.45) is 1.87. The predicted molar refractivity (Wildman–Crippen MR) is 66.2 cm³/mol. The van der Waals surface area contributed by atoms with Gasteiger partial charge in [-0.3, -0.25) is 0 Å². The summed E-state index contributed by atoms with van der Waals surface area (Å²) in [6, 6.07) is 1.66. The number of methoxy groups -OCH3 is 2. The van der Waals surface area contributed by atoms with Crippen LogP contribution in [-0.2, 0) is 5.41 Å². The second kappa shape index (κ2) is 4.27. The van der Waals surface area contributed by atoms with Gasteiger partial charge in [-0.15, -0.1) is 0 Å². The molecule has 1 fully saturated rings. The Morgan fingerprint density at radius 3 is 2.47 bits per heavy atom. The highest BCUT2D eigenvalue weighted by Gasteiger charge is 2.47. The van der Waals surface area contributed by atoms with E-state index in [1.807, 2.05) is 0 Å². The fourth-order valence-corrected chi connectivity index (χ4v) is 2.55. The summed E-state index contributed by atoms with van der Waals surface area (Å²) >= 11 is 6.19. The van der Waals surface area contributed by atoms with Gasteiger partial charge in [-0.2, -0.15) is 0 Å². The minimum atomic E-state index is -0.194. The number of ether oxygens (including phenoxy) is 2. The third-order valence-corrected chi connectivity index (χ3v) is 3.67. The fourth-order valence-electron chi connectivity index (χ4n) is 2.16. The lowest BCUT2D eigenvalue weighted by Crippen LogP contribution is -2.20. The molecular formula is C12H16ClNO3. The summed E-state index contributed by atoms with van der Waals surface area (Å²) in [5, 5.41) is 10.7. The Kier molecular flexibility index (Phi) is 3.10. The van der Waals surface area contributed by atoms with E-state index in [9.17, 15) is 5.11 Å². The number of benzene rings is 1. The van der Waals surface area contributed by atoms with E-state index in [4.69, 9.17) is 26.8 Å². The van der Waals surface area contributed by atoms with Crippen LogP contribution in [0.5, 0.6) is 17.2 Å². The van der Waals surface area contributed by atoms with Crippen LogP contribution in [0.1, 0.15) is 18.4 Å². The lowest BCUT2D eigenvalue weighted by molar-refractivity contribution is 0.329. The Bertz CT molecular complexity index is 444. The van der Waals surface area contributed by atoms with Gasteiger partial charge in [0.2, 0.25) is 5.75 Å². The van der Waals surface area contributed by atoms with Gasteiger partial charge in [-0.1, -0.05) is 11.6 Å². The summed E-state index contributed by atoms with van der Waals surface area (Å²) in [4.78, 5) is 0. The number of aromatic hydroxyl groups is 1. The number of halogens is 1. The van der Waals surface area contributed by atoms with Crippen molar-refractivity contribution in [3.8, 4) is 17.2 Å². The first-order chi connectivity index (χ1) is 8.09. The van der Waals surface area contributed by atoms with E-state index in [1.54, 1.807) is 6.07 Å². The standard InChI is InChI=1S/C12H16ClNO3/c1-16-8-5-7(13)9(10(15)11(8)17-2)12(6-14)3-4-12/h5,15H,3-4,6,14H2,1-2H3. The Morgan fingerprint density at radius 1 is 1.41 bits per heavy atom. The first kappa shape index (κ1) is 12.3. The van der Waals surface area contributed by atoms with Crippen molar-refractivity contribution >= 4 is 11.6 Å². The van der Waals surface area contributed by atoms with Crippen molar-refractivity contribution in [2.24, 2.45) is 5.73 Å². The molecule has 1 saturated carbocycles. The monoisotopic (exact) mass is 257 g/mol. The Morgan fingerprint density at radius 2 is 2.06 bits per heavy atom. The first-order valence-electron chi connectivity index (χ1n) is 5.43. The maximum Gasteiger partial charge on any atom is 0.203 e. The molecule has 0 unspecified atom stereocenters. The van der Waals surface area contributed by atoms with E-state index >= 15 is 0 Å². The van der Waals surface area contributed by atoms with E-state index in [2.05, 4.69) is 0 Å². The number of phenols is 1. The molecule has 0 atom stereocenters. The average molecular weight is 258 g/mol. The first-order valence-corrected chi connectivity index (χ1v) is 5.81. The highest BCUT2D eigenvalue weighted by atomic mass is 35.5. The Hall–Kier alpha value is -1.13. The maximum absolute atomic E-state index is 10.2. The SMILES string of the molecule is COc1cc(Cl)c(C2(CN)CC2)c(O)c1OC. The molecule has 3 N–H and O–H groups in total. The van der Waals surface area contributed by atoms with E-state index in [-0.39, 0.29) is 11.2 Å². The lowest BCUT2D eigenvalue weighted by Gasteiger charge is -2.20. The van der Waals surface area contributed by atoms with Crippen molar-refractivity contribution in [1.82, 2.24) is 0 Å². The number of rotatable bonds is 4. The molecule has 1 aromatic rings. The average Bonchev–Trinajstić information content (AvgIpc) is 3.09. The molecule has 0 spiro atoms. The zero-order valence-corrected chi connectivity index (χ0v) is 10.7. The van der Waals surface area contributed by atoms with Gasteiger partial charge in [0, 0.05) is 23.6 Å². The number of hydrogen-bond acceptors (Lipinski definition) is 4. The van der Waals surface area contributed by atoms with Crippen LogP contribution in [0.15, 0.2) is 6.07 Å². The summed E-state index contributed by atoms with van der Waals surface area (Å²) in [5.41, 5.74) is 6.25. The summed E-state index contributed by atoms with van der Waals surface area (Å²) in [6.45, 7) is 0.468. The predicted octanol–water partition coefficient (Wildman–Crippen LogP) is 2.05. The van der Waals surface area contributed by atoms with Gasteiger partial charge in [0.15, 0.2) is 11.5 Å². The normalized spacial score (nSPS) is 16.7. The summed E-state index contributed by atoms with van der Waals surface area (Å²) in [5.74, 6) is 0.776. The molecule has 5 heteroatoms. The third kappa shape index (κ3) is 1.81. The Balaban J connectivity index is 2.61. The minimum absolute atomic E-state index is 0.0415. The van der Waals surface area contributed by atoms with Gasteiger partial charge in [0.05, 0.1) is 19.2 Å². The molecule has 94 valence electrons. The van der Waals surface area contributed by atoms with Crippen LogP contribution in [0.3, 0.4) is 0 Å². The molecule has 0 heterocycles. The summed E-state index contributed by atoms with van der Waals surface area (Å²) in [7, 11) is 2.99. The number of phenolic OH excluding ortho intramolecular Hbond substituents is 1. The van der Waals surface area contributed by atoms with Crippen molar-refractivity contribution in [2.75, 3.05) is 20.8 Å². The molecule has 0 radical (unpaired) electrons. The molecule has 1 aliphatic carbocycles. The van der Waals surface area contributed by atoms with Crippen molar-refractivity contribution < 1.29 is 14.6 Å². The Labute approximate surface area is 105 Å². The van der Waals surface area contributed by atoms with E-state index in [0.717, 1.165) is 12.8 Å². The van der Waals surface area contributed by atoms with Crippen molar-refractivity contribution in [3.05, 3.63) is 16.7 Å². The second-order valence-electron chi connectivity index (χ2n) is 4.30. The fraction of sp³-hybridized carbons (Fsp3) is 0.500. The van der Waals surface area contributed by atoms with Gasteiger partial charge in [-0.25, -0.2) is 0 Å². The van der Waals surface area contributed by atoms with Crippen LogP contribution in [0.4, 0.5) is 0 Å². The second-order valence-corrected chi connectivity index (χ2v) is 4.71. The highest BCUT2D eigenvalue weighted by molar-refractivity contribution is 6.32. The van der Waals surface area contributed by atoms with Gasteiger partial charge in [0.1, 0.15) is 0 Å². The number of hydrogen-bond donors (Lipinski definition) is 2. The highest BCUT2D eigenvalue weighted by Crippen LogP contribution is 2.56. The molecule has 0 saturated heterocycles. The zero-order valence-electron chi connectivity index (χ0n) is 9.92. The lowest BCUT2D eigenvalue weighted by atomic mass is 9.94. The molecule has 1 aliphatic rings. The van der Waals surface area contributed by atoms with Crippen LogP contribution in [-0.4, -0.2) is 25.9 Å². The van der Waals surface area contributed by atoms with Crippen molar-refractivity contribution in [2.45, 2.75) is 18.3 Å². The zero-order chi connectivity index (χ0) is 12.6. The molecule has 2 rings (SSSR count). The summed E-state index contributed by atoms with van der Waals surface area (Å²) < 4.78 is 10.3. The van der Waals surface area contributed by atoms with E-state index in [0.29, 0.717) is 28.6 Å². The molecule has 1 aromatic carbocycles. The van der Waals surface area contributed by atoms with Crippen LogP contribution in [0, 0.1) is 0 Å².